The van der Waals surface area contributed by atoms with Crippen LogP contribution in [0.15, 0.2) is 30.3 Å². The van der Waals surface area contributed by atoms with E-state index in [0.717, 1.165) is 25.0 Å². The standard InChI is InChI=1S/C18H29NO2/c1-15(2)10-12-21-13-11-18(14-20,19-17-8-9-17)16-6-4-3-5-7-16/h3-7,15,17,19-20H,8-14H2,1-2H3. The predicted molar refractivity (Wildman–Crippen MR) is 86.3 cm³/mol. The minimum atomic E-state index is -0.361. The SMILES string of the molecule is CC(C)CCOCCC(CO)(NC1CC1)c1ccccc1. The highest BCUT2D eigenvalue weighted by Gasteiger charge is 2.36. The largest absolute Gasteiger partial charge is 0.394 e. The molecule has 1 aliphatic rings. The predicted octanol–water partition coefficient (Wildman–Crippen LogP) is 3.08. The highest BCUT2D eigenvalue weighted by Crippen LogP contribution is 2.31. The first-order valence-corrected chi connectivity index (χ1v) is 8.18. The molecule has 1 unspecified atom stereocenters. The van der Waals surface area contributed by atoms with Gasteiger partial charge in [0, 0.05) is 19.3 Å². The molecule has 0 amide bonds. The van der Waals surface area contributed by atoms with Crippen molar-refractivity contribution in [2.45, 2.75) is 51.1 Å². The van der Waals surface area contributed by atoms with Crippen molar-refractivity contribution >= 4 is 0 Å². The van der Waals surface area contributed by atoms with Crippen LogP contribution in [0, 0.1) is 5.92 Å². The summed E-state index contributed by atoms with van der Waals surface area (Å²) < 4.78 is 5.77. The summed E-state index contributed by atoms with van der Waals surface area (Å²) in [4.78, 5) is 0. The lowest BCUT2D eigenvalue weighted by Crippen LogP contribution is -2.47. The Hall–Kier alpha value is -0.900. The average molecular weight is 291 g/mol. The van der Waals surface area contributed by atoms with Crippen molar-refractivity contribution in [3.05, 3.63) is 35.9 Å². The summed E-state index contributed by atoms with van der Waals surface area (Å²) in [6.07, 6.45) is 4.32. The average Bonchev–Trinajstić information content (AvgIpc) is 3.30. The zero-order chi connectivity index (χ0) is 15.1. The van der Waals surface area contributed by atoms with Gasteiger partial charge in [-0.05, 0) is 37.2 Å². The van der Waals surface area contributed by atoms with E-state index >= 15 is 0 Å². The Balaban J connectivity index is 1.94. The van der Waals surface area contributed by atoms with E-state index in [1.54, 1.807) is 0 Å². The summed E-state index contributed by atoms with van der Waals surface area (Å²) >= 11 is 0. The molecule has 21 heavy (non-hydrogen) atoms. The van der Waals surface area contributed by atoms with Gasteiger partial charge in [0.1, 0.15) is 0 Å². The number of aliphatic hydroxyl groups is 1. The van der Waals surface area contributed by atoms with Crippen LogP contribution in [0.25, 0.3) is 0 Å². The van der Waals surface area contributed by atoms with Gasteiger partial charge in [0.05, 0.1) is 12.1 Å². The summed E-state index contributed by atoms with van der Waals surface area (Å²) in [6.45, 7) is 6.01. The molecule has 1 aromatic carbocycles. The van der Waals surface area contributed by atoms with Crippen molar-refractivity contribution in [2.24, 2.45) is 5.92 Å². The van der Waals surface area contributed by atoms with Gasteiger partial charge in [-0.15, -0.1) is 0 Å². The Morgan fingerprint density at radius 2 is 1.95 bits per heavy atom. The first-order valence-electron chi connectivity index (χ1n) is 8.18. The zero-order valence-electron chi connectivity index (χ0n) is 13.3. The van der Waals surface area contributed by atoms with Gasteiger partial charge >= 0.3 is 0 Å². The molecule has 2 rings (SSSR count). The third-order valence-corrected chi connectivity index (χ3v) is 4.17. The lowest BCUT2D eigenvalue weighted by molar-refractivity contribution is 0.0729. The molecule has 1 saturated carbocycles. The molecular formula is C18H29NO2. The van der Waals surface area contributed by atoms with Crippen LogP contribution in [0.5, 0.6) is 0 Å². The fourth-order valence-corrected chi connectivity index (χ4v) is 2.56. The maximum absolute atomic E-state index is 10.0. The second-order valence-electron chi connectivity index (χ2n) is 6.57. The van der Waals surface area contributed by atoms with Gasteiger partial charge in [-0.3, -0.25) is 0 Å². The quantitative estimate of drug-likeness (QED) is 0.651. The number of aliphatic hydroxyl groups excluding tert-OH is 1. The molecule has 0 aromatic heterocycles. The maximum Gasteiger partial charge on any atom is 0.0693 e. The van der Waals surface area contributed by atoms with Crippen LogP contribution in [-0.4, -0.2) is 31.0 Å². The number of benzene rings is 1. The minimum absolute atomic E-state index is 0.112. The molecule has 118 valence electrons. The van der Waals surface area contributed by atoms with Crippen LogP contribution >= 0.6 is 0 Å². The number of nitrogens with one attached hydrogen (secondary N) is 1. The van der Waals surface area contributed by atoms with E-state index < -0.39 is 0 Å². The molecular weight excluding hydrogens is 262 g/mol. The van der Waals surface area contributed by atoms with Gasteiger partial charge in [-0.1, -0.05) is 44.2 Å². The number of hydrogen-bond acceptors (Lipinski definition) is 3. The Kier molecular flexibility index (Phi) is 6.22. The summed E-state index contributed by atoms with van der Waals surface area (Å²) in [5, 5.41) is 13.7. The monoisotopic (exact) mass is 291 g/mol. The van der Waals surface area contributed by atoms with E-state index in [2.05, 4.69) is 31.3 Å². The molecule has 0 radical (unpaired) electrons. The van der Waals surface area contributed by atoms with Crippen molar-refractivity contribution < 1.29 is 9.84 Å². The van der Waals surface area contributed by atoms with Gasteiger partial charge in [0.15, 0.2) is 0 Å². The number of rotatable bonds is 10. The number of hydrogen-bond donors (Lipinski definition) is 2. The Labute approximate surface area is 128 Å². The minimum Gasteiger partial charge on any atom is -0.394 e. The van der Waals surface area contributed by atoms with Crippen LogP contribution in [0.2, 0.25) is 0 Å². The highest BCUT2D eigenvalue weighted by atomic mass is 16.5. The molecule has 3 nitrogen and oxygen atoms in total. The summed E-state index contributed by atoms with van der Waals surface area (Å²) in [6, 6.07) is 10.8. The highest BCUT2D eigenvalue weighted by molar-refractivity contribution is 5.25. The molecule has 2 N–H and O–H groups in total. The van der Waals surface area contributed by atoms with Crippen molar-refractivity contribution in [1.82, 2.24) is 5.32 Å². The van der Waals surface area contributed by atoms with Gasteiger partial charge in [0.2, 0.25) is 0 Å². The Bertz CT molecular complexity index is 403. The van der Waals surface area contributed by atoms with Crippen molar-refractivity contribution in [3.8, 4) is 0 Å². The zero-order valence-corrected chi connectivity index (χ0v) is 13.3. The van der Waals surface area contributed by atoms with Gasteiger partial charge < -0.3 is 15.2 Å². The van der Waals surface area contributed by atoms with Crippen LogP contribution < -0.4 is 5.32 Å². The smallest absolute Gasteiger partial charge is 0.0693 e. The lowest BCUT2D eigenvalue weighted by Gasteiger charge is -2.34. The molecule has 0 heterocycles. The van der Waals surface area contributed by atoms with Crippen LogP contribution in [-0.2, 0) is 10.3 Å². The molecule has 1 aromatic rings. The lowest BCUT2D eigenvalue weighted by atomic mass is 9.87. The first-order chi connectivity index (χ1) is 10.2. The van der Waals surface area contributed by atoms with Gasteiger partial charge in [0.25, 0.3) is 0 Å². The third kappa shape index (κ3) is 5.10. The topological polar surface area (TPSA) is 41.5 Å². The molecule has 0 aliphatic heterocycles. The fraction of sp³-hybridized carbons (Fsp3) is 0.667. The van der Waals surface area contributed by atoms with E-state index in [4.69, 9.17) is 4.74 Å². The van der Waals surface area contributed by atoms with E-state index in [1.165, 1.54) is 12.8 Å². The molecule has 0 spiro atoms. The summed E-state index contributed by atoms with van der Waals surface area (Å²) in [5.74, 6) is 0.673. The molecule has 1 atom stereocenters. The molecule has 3 heteroatoms. The Morgan fingerprint density at radius 1 is 1.24 bits per heavy atom. The Morgan fingerprint density at radius 3 is 2.52 bits per heavy atom. The second kappa shape index (κ2) is 7.92. The van der Waals surface area contributed by atoms with Crippen molar-refractivity contribution in [2.75, 3.05) is 19.8 Å². The van der Waals surface area contributed by atoms with Crippen LogP contribution in [0.4, 0.5) is 0 Å². The summed E-state index contributed by atoms with van der Waals surface area (Å²) in [5.41, 5.74) is 0.798. The molecule has 1 aliphatic carbocycles. The molecule has 0 bridgehead atoms. The number of ether oxygens (including phenoxy) is 1. The molecule has 1 fully saturated rings. The van der Waals surface area contributed by atoms with E-state index in [0.29, 0.717) is 18.6 Å². The van der Waals surface area contributed by atoms with Crippen LogP contribution in [0.1, 0.15) is 45.1 Å². The molecule has 0 saturated heterocycles. The van der Waals surface area contributed by atoms with Gasteiger partial charge in [-0.25, -0.2) is 0 Å². The van der Waals surface area contributed by atoms with Crippen molar-refractivity contribution in [3.63, 3.8) is 0 Å². The van der Waals surface area contributed by atoms with E-state index in [-0.39, 0.29) is 12.1 Å². The fourth-order valence-electron chi connectivity index (χ4n) is 2.56. The van der Waals surface area contributed by atoms with Crippen LogP contribution in [0.3, 0.4) is 0 Å². The normalized spacial score (nSPS) is 17.9. The van der Waals surface area contributed by atoms with E-state index in [1.807, 2.05) is 18.2 Å². The summed E-state index contributed by atoms with van der Waals surface area (Å²) in [7, 11) is 0. The van der Waals surface area contributed by atoms with E-state index in [9.17, 15) is 5.11 Å². The third-order valence-electron chi connectivity index (χ3n) is 4.17. The van der Waals surface area contributed by atoms with Crippen molar-refractivity contribution in [1.29, 1.82) is 0 Å². The maximum atomic E-state index is 10.0. The second-order valence-corrected chi connectivity index (χ2v) is 6.57. The van der Waals surface area contributed by atoms with Gasteiger partial charge in [-0.2, -0.15) is 0 Å². The first kappa shape index (κ1) is 16.5.